The monoisotopic (exact) mass is 339 g/mol. The van der Waals surface area contributed by atoms with Gasteiger partial charge in [-0.15, -0.1) is 0 Å². The summed E-state index contributed by atoms with van der Waals surface area (Å²) >= 11 is 3.25. The highest BCUT2D eigenvalue weighted by Crippen LogP contribution is 2.35. The van der Waals surface area contributed by atoms with Gasteiger partial charge in [0.05, 0.1) is 15.5 Å². The van der Waals surface area contributed by atoms with E-state index >= 15 is 0 Å². The van der Waals surface area contributed by atoms with Crippen LogP contribution in [0.1, 0.15) is 45.1 Å². The molecule has 1 heterocycles. The number of nitrogens with zero attached hydrogens (tertiary/aromatic N) is 2. The Morgan fingerprint density at radius 1 is 1.30 bits per heavy atom. The molecule has 108 valence electrons. The molecular weight excluding hydrogens is 321 g/mol. The third-order valence-electron chi connectivity index (χ3n) is 4.35. The zero-order chi connectivity index (χ0) is 14.3. The molecule has 1 aromatic heterocycles. The van der Waals surface area contributed by atoms with Gasteiger partial charge < -0.3 is 10.3 Å². The number of halogens is 2. The van der Waals surface area contributed by atoms with Crippen LogP contribution in [0.25, 0.3) is 11.0 Å². The molecule has 2 N–H and O–H groups in total. The van der Waals surface area contributed by atoms with Crippen molar-refractivity contribution in [2.24, 2.45) is 5.92 Å². The largest absolute Gasteiger partial charge is 0.369 e. The van der Waals surface area contributed by atoms with E-state index < -0.39 is 0 Å². The second-order valence-electron chi connectivity index (χ2n) is 5.86. The molecule has 5 heteroatoms. The van der Waals surface area contributed by atoms with Crippen LogP contribution in [0.4, 0.5) is 10.3 Å². The second-order valence-corrected chi connectivity index (χ2v) is 6.72. The molecule has 3 rings (SSSR count). The number of hydrogen-bond acceptors (Lipinski definition) is 2. The quantitative estimate of drug-likeness (QED) is 0.767. The van der Waals surface area contributed by atoms with Crippen molar-refractivity contribution in [2.45, 2.75) is 45.1 Å². The zero-order valence-electron chi connectivity index (χ0n) is 11.6. The highest BCUT2D eigenvalue weighted by molar-refractivity contribution is 9.10. The van der Waals surface area contributed by atoms with Gasteiger partial charge >= 0.3 is 0 Å². The summed E-state index contributed by atoms with van der Waals surface area (Å²) in [6.45, 7) is 2.31. The van der Waals surface area contributed by atoms with Gasteiger partial charge in [0.2, 0.25) is 5.95 Å². The molecule has 0 amide bonds. The van der Waals surface area contributed by atoms with E-state index in [9.17, 15) is 4.39 Å². The summed E-state index contributed by atoms with van der Waals surface area (Å²) in [4.78, 5) is 4.32. The van der Waals surface area contributed by atoms with Crippen LogP contribution >= 0.6 is 15.9 Å². The first-order chi connectivity index (χ1) is 9.56. The molecule has 0 spiro atoms. The number of nitrogen functional groups attached to an aromatic ring is 1. The van der Waals surface area contributed by atoms with Crippen molar-refractivity contribution < 1.29 is 4.39 Å². The molecule has 2 aromatic rings. The Hall–Kier alpha value is -1.10. The van der Waals surface area contributed by atoms with E-state index in [2.05, 4.69) is 32.4 Å². The van der Waals surface area contributed by atoms with Crippen molar-refractivity contribution in [1.82, 2.24) is 9.55 Å². The lowest BCUT2D eigenvalue weighted by atomic mass is 10.0. The van der Waals surface area contributed by atoms with Crippen LogP contribution in [0.2, 0.25) is 0 Å². The Morgan fingerprint density at radius 3 is 2.90 bits per heavy atom. The minimum Gasteiger partial charge on any atom is -0.369 e. The van der Waals surface area contributed by atoms with Crippen LogP contribution < -0.4 is 5.73 Å². The number of fused-ring (bicyclic) bond motifs is 1. The number of imidazole rings is 1. The van der Waals surface area contributed by atoms with Gasteiger partial charge in [0.25, 0.3) is 0 Å². The molecular formula is C15H19BrFN3. The number of rotatable bonds is 1. The van der Waals surface area contributed by atoms with Crippen molar-refractivity contribution >= 4 is 32.9 Å². The Bertz CT molecular complexity index is 638. The lowest BCUT2D eigenvalue weighted by molar-refractivity contribution is 0.445. The molecule has 1 aliphatic rings. The van der Waals surface area contributed by atoms with Crippen molar-refractivity contribution in [3.63, 3.8) is 0 Å². The van der Waals surface area contributed by atoms with Crippen LogP contribution in [0.5, 0.6) is 0 Å². The van der Waals surface area contributed by atoms with Gasteiger partial charge in [0.1, 0.15) is 5.82 Å². The normalized spacial score (nSPS) is 23.9. The molecule has 1 fully saturated rings. The average molecular weight is 340 g/mol. The van der Waals surface area contributed by atoms with Crippen LogP contribution in [0.3, 0.4) is 0 Å². The number of aromatic nitrogens is 2. The molecule has 2 unspecified atom stereocenters. The number of nitrogens with two attached hydrogens (primary N) is 1. The van der Waals surface area contributed by atoms with Gasteiger partial charge in [0, 0.05) is 12.1 Å². The van der Waals surface area contributed by atoms with E-state index in [1.807, 2.05) is 0 Å². The van der Waals surface area contributed by atoms with Crippen molar-refractivity contribution in [2.75, 3.05) is 5.73 Å². The summed E-state index contributed by atoms with van der Waals surface area (Å²) < 4.78 is 16.2. The lowest BCUT2D eigenvalue weighted by Gasteiger charge is -2.18. The van der Waals surface area contributed by atoms with Gasteiger partial charge in [-0.2, -0.15) is 0 Å². The SMILES string of the molecule is CC1CCCC(n2c(N)nc3cc(F)c(Br)cc32)CC1. The summed E-state index contributed by atoms with van der Waals surface area (Å²) in [7, 11) is 0. The summed E-state index contributed by atoms with van der Waals surface area (Å²) in [5, 5.41) is 0. The van der Waals surface area contributed by atoms with E-state index in [1.165, 1.54) is 25.3 Å². The minimum absolute atomic E-state index is 0.295. The standard InChI is InChI=1S/C15H19BrFN3/c1-9-3-2-4-10(6-5-9)20-14-7-11(16)12(17)8-13(14)19-15(20)18/h7-10H,2-6H2,1H3,(H2,18,19). The molecule has 1 saturated carbocycles. The fourth-order valence-corrected chi connectivity index (χ4v) is 3.55. The van der Waals surface area contributed by atoms with Gasteiger partial charge in [0.15, 0.2) is 0 Å². The summed E-state index contributed by atoms with van der Waals surface area (Å²) in [6.07, 6.45) is 5.95. The highest BCUT2D eigenvalue weighted by atomic mass is 79.9. The third kappa shape index (κ3) is 2.43. The van der Waals surface area contributed by atoms with Crippen LogP contribution in [0, 0.1) is 11.7 Å². The molecule has 0 bridgehead atoms. The second kappa shape index (κ2) is 5.35. The summed E-state index contributed by atoms with van der Waals surface area (Å²) in [6, 6.07) is 3.62. The first-order valence-electron chi connectivity index (χ1n) is 7.18. The molecule has 0 saturated heterocycles. The van der Waals surface area contributed by atoms with E-state index in [1.54, 1.807) is 6.07 Å². The van der Waals surface area contributed by atoms with E-state index in [4.69, 9.17) is 5.73 Å². The van der Waals surface area contributed by atoms with Gasteiger partial charge in [-0.25, -0.2) is 9.37 Å². The van der Waals surface area contributed by atoms with E-state index in [0.717, 1.165) is 24.3 Å². The molecule has 0 radical (unpaired) electrons. The van der Waals surface area contributed by atoms with Gasteiger partial charge in [-0.05, 0) is 47.2 Å². The Morgan fingerprint density at radius 2 is 2.10 bits per heavy atom. The number of hydrogen-bond donors (Lipinski definition) is 1. The maximum absolute atomic E-state index is 13.6. The fourth-order valence-electron chi connectivity index (χ4n) is 3.22. The first kappa shape index (κ1) is 13.9. The Labute approximate surface area is 126 Å². The van der Waals surface area contributed by atoms with Crippen molar-refractivity contribution in [3.8, 4) is 0 Å². The minimum atomic E-state index is -0.295. The molecule has 1 aliphatic carbocycles. The predicted molar refractivity (Wildman–Crippen MR) is 83.1 cm³/mol. The maximum Gasteiger partial charge on any atom is 0.201 e. The molecule has 1 aromatic carbocycles. The maximum atomic E-state index is 13.6. The summed E-state index contributed by atoms with van der Waals surface area (Å²) in [5.74, 6) is 0.980. The van der Waals surface area contributed by atoms with Crippen LogP contribution in [-0.4, -0.2) is 9.55 Å². The highest BCUT2D eigenvalue weighted by Gasteiger charge is 2.22. The third-order valence-corrected chi connectivity index (χ3v) is 4.96. The lowest BCUT2D eigenvalue weighted by Crippen LogP contribution is -2.11. The number of benzene rings is 1. The molecule has 3 nitrogen and oxygen atoms in total. The average Bonchev–Trinajstić information content (AvgIpc) is 2.57. The van der Waals surface area contributed by atoms with Gasteiger partial charge in [-0.1, -0.05) is 19.8 Å². The van der Waals surface area contributed by atoms with Crippen LogP contribution in [0.15, 0.2) is 16.6 Å². The van der Waals surface area contributed by atoms with Crippen LogP contribution in [-0.2, 0) is 0 Å². The van der Waals surface area contributed by atoms with Crippen molar-refractivity contribution in [3.05, 3.63) is 22.4 Å². The van der Waals surface area contributed by atoms with E-state index in [0.29, 0.717) is 22.0 Å². The molecule has 2 atom stereocenters. The molecule has 0 aliphatic heterocycles. The van der Waals surface area contributed by atoms with Crippen molar-refractivity contribution in [1.29, 1.82) is 0 Å². The number of anilines is 1. The zero-order valence-corrected chi connectivity index (χ0v) is 13.2. The first-order valence-corrected chi connectivity index (χ1v) is 7.98. The Balaban J connectivity index is 2.06. The fraction of sp³-hybridized carbons (Fsp3) is 0.533. The van der Waals surface area contributed by atoms with Gasteiger partial charge in [-0.3, -0.25) is 0 Å². The Kier molecular flexibility index (Phi) is 3.71. The molecule has 20 heavy (non-hydrogen) atoms. The predicted octanol–water partition coefficient (Wildman–Crippen LogP) is 4.66. The smallest absolute Gasteiger partial charge is 0.201 e. The van der Waals surface area contributed by atoms with E-state index in [-0.39, 0.29) is 5.82 Å². The topological polar surface area (TPSA) is 43.8 Å². The summed E-state index contributed by atoms with van der Waals surface area (Å²) in [5.41, 5.74) is 7.65.